The minimum Gasteiger partial charge on any atom is -0.292 e. The highest BCUT2D eigenvalue weighted by Crippen LogP contribution is 2.14. The van der Waals surface area contributed by atoms with Gasteiger partial charge in [-0.05, 0) is 23.6 Å². The lowest BCUT2D eigenvalue weighted by molar-refractivity contribution is 0.0966. The number of fused-ring (bicyclic) bond motifs is 1. The van der Waals surface area contributed by atoms with Crippen LogP contribution in [0.5, 0.6) is 0 Å². The number of aromatic nitrogens is 2. The predicted octanol–water partition coefficient (Wildman–Crippen LogP) is 2.62. The molecule has 21 heavy (non-hydrogen) atoms. The summed E-state index contributed by atoms with van der Waals surface area (Å²) in [6.45, 7) is -0.345. The van der Waals surface area contributed by atoms with E-state index in [-0.39, 0.29) is 17.7 Å². The summed E-state index contributed by atoms with van der Waals surface area (Å²) in [7, 11) is 0. The summed E-state index contributed by atoms with van der Waals surface area (Å²) in [5.74, 6) is -2.33. The molecule has 0 aliphatic carbocycles. The number of ketones is 1. The van der Waals surface area contributed by atoms with Crippen molar-refractivity contribution < 1.29 is 13.6 Å². The molecule has 2 aromatic heterocycles. The maximum absolute atomic E-state index is 13.5. The zero-order valence-electron chi connectivity index (χ0n) is 10.5. The van der Waals surface area contributed by atoms with Crippen LogP contribution in [0.1, 0.15) is 10.4 Å². The molecule has 2 heterocycles. The maximum Gasteiger partial charge on any atom is 0.271 e. The number of halogens is 2. The predicted molar refractivity (Wildman–Crippen MR) is 74.6 cm³/mol. The van der Waals surface area contributed by atoms with Crippen molar-refractivity contribution in [2.75, 3.05) is 0 Å². The Balaban J connectivity index is 1.96. The molecule has 1 aromatic carbocycles. The van der Waals surface area contributed by atoms with E-state index in [9.17, 15) is 18.4 Å². The van der Waals surface area contributed by atoms with E-state index in [2.05, 4.69) is 4.98 Å². The molecule has 106 valence electrons. The Bertz CT molecular complexity index is 901. The van der Waals surface area contributed by atoms with Gasteiger partial charge in [-0.2, -0.15) is 0 Å². The standard InChI is InChI=1S/C14H8F2N2O2S/c15-8-1-2-9(10(16)5-8)12(19)6-18-7-17-11-3-4-21-13(11)14(18)20/h1-5,7H,6H2. The van der Waals surface area contributed by atoms with Crippen LogP contribution in [-0.4, -0.2) is 15.3 Å². The molecule has 0 spiro atoms. The zero-order chi connectivity index (χ0) is 15.0. The number of benzene rings is 1. The van der Waals surface area contributed by atoms with E-state index in [1.165, 1.54) is 17.7 Å². The van der Waals surface area contributed by atoms with E-state index < -0.39 is 17.4 Å². The van der Waals surface area contributed by atoms with Gasteiger partial charge in [-0.3, -0.25) is 14.2 Å². The van der Waals surface area contributed by atoms with E-state index in [0.29, 0.717) is 16.3 Å². The van der Waals surface area contributed by atoms with Gasteiger partial charge < -0.3 is 0 Å². The van der Waals surface area contributed by atoms with Crippen molar-refractivity contribution in [3.63, 3.8) is 0 Å². The van der Waals surface area contributed by atoms with E-state index in [4.69, 9.17) is 0 Å². The van der Waals surface area contributed by atoms with Crippen LogP contribution in [0.25, 0.3) is 10.2 Å². The third-order valence-corrected chi connectivity index (χ3v) is 3.87. The maximum atomic E-state index is 13.5. The van der Waals surface area contributed by atoms with Crippen LogP contribution < -0.4 is 5.56 Å². The van der Waals surface area contributed by atoms with Crippen LogP contribution in [0, 0.1) is 11.6 Å². The Morgan fingerprint density at radius 2 is 2.10 bits per heavy atom. The van der Waals surface area contributed by atoms with Gasteiger partial charge in [0.25, 0.3) is 5.56 Å². The van der Waals surface area contributed by atoms with Crippen molar-refractivity contribution in [1.82, 2.24) is 9.55 Å². The average molecular weight is 306 g/mol. The van der Waals surface area contributed by atoms with Gasteiger partial charge in [0.1, 0.15) is 16.3 Å². The van der Waals surface area contributed by atoms with Crippen molar-refractivity contribution >= 4 is 27.3 Å². The number of thiophene rings is 1. The molecule has 4 nitrogen and oxygen atoms in total. The van der Waals surface area contributed by atoms with Gasteiger partial charge in [0, 0.05) is 6.07 Å². The lowest BCUT2D eigenvalue weighted by atomic mass is 10.1. The summed E-state index contributed by atoms with van der Waals surface area (Å²) in [5, 5.41) is 1.73. The molecule has 0 radical (unpaired) electrons. The highest BCUT2D eigenvalue weighted by atomic mass is 32.1. The number of nitrogens with zero attached hydrogens (tertiary/aromatic N) is 2. The fourth-order valence-corrected chi connectivity index (χ4v) is 2.74. The van der Waals surface area contributed by atoms with E-state index in [0.717, 1.165) is 16.7 Å². The normalized spacial score (nSPS) is 11.0. The quantitative estimate of drug-likeness (QED) is 0.699. The Morgan fingerprint density at radius 1 is 1.29 bits per heavy atom. The highest BCUT2D eigenvalue weighted by Gasteiger charge is 2.15. The molecular formula is C14H8F2N2O2S. The number of Topliss-reactive ketones (excluding diaryl/α,β-unsaturated/α-hetero) is 1. The first-order valence-corrected chi connectivity index (χ1v) is 6.85. The molecular weight excluding hydrogens is 298 g/mol. The molecule has 0 unspecified atom stereocenters. The molecule has 7 heteroatoms. The summed E-state index contributed by atoms with van der Waals surface area (Å²) < 4.78 is 27.9. The minimum absolute atomic E-state index is 0.255. The minimum atomic E-state index is -0.946. The second kappa shape index (κ2) is 5.17. The Kier molecular flexibility index (Phi) is 3.34. The second-order valence-electron chi connectivity index (χ2n) is 4.36. The van der Waals surface area contributed by atoms with E-state index in [1.54, 1.807) is 11.4 Å². The summed E-state index contributed by atoms with van der Waals surface area (Å²) >= 11 is 1.23. The summed E-state index contributed by atoms with van der Waals surface area (Å²) in [4.78, 5) is 28.2. The number of carbonyl (C=O) groups excluding carboxylic acids is 1. The van der Waals surface area contributed by atoms with Gasteiger partial charge in [-0.1, -0.05) is 0 Å². The van der Waals surface area contributed by atoms with Crippen LogP contribution in [0.3, 0.4) is 0 Å². The second-order valence-corrected chi connectivity index (χ2v) is 5.28. The molecule has 0 N–H and O–H groups in total. The first-order valence-electron chi connectivity index (χ1n) is 5.97. The van der Waals surface area contributed by atoms with Crippen molar-refractivity contribution in [2.24, 2.45) is 0 Å². The van der Waals surface area contributed by atoms with E-state index in [1.807, 2.05) is 0 Å². The molecule has 0 fully saturated rings. The number of rotatable bonds is 3. The highest BCUT2D eigenvalue weighted by molar-refractivity contribution is 7.17. The Labute approximate surface area is 121 Å². The Morgan fingerprint density at radius 3 is 2.86 bits per heavy atom. The number of carbonyl (C=O) groups is 1. The molecule has 3 aromatic rings. The third kappa shape index (κ3) is 2.47. The number of hydrogen-bond donors (Lipinski definition) is 0. The van der Waals surface area contributed by atoms with Gasteiger partial charge in [-0.15, -0.1) is 11.3 Å². The van der Waals surface area contributed by atoms with Crippen molar-refractivity contribution in [3.8, 4) is 0 Å². The molecule has 0 atom stereocenters. The van der Waals surface area contributed by atoms with Gasteiger partial charge in [0.15, 0.2) is 5.78 Å². The molecule has 0 bridgehead atoms. The fraction of sp³-hybridized carbons (Fsp3) is 0.0714. The molecule has 3 rings (SSSR count). The van der Waals surface area contributed by atoms with Crippen molar-refractivity contribution in [1.29, 1.82) is 0 Å². The molecule has 0 amide bonds. The molecule has 0 saturated heterocycles. The van der Waals surface area contributed by atoms with Crippen LogP contribution in [0.2, 0.25) is 0 Å². The summed E-state index contributed by atoms with van der Waals surface area (Å²) in [6.07, 6.45) is 1.25. The lowest BCUT2D eigenvalue weighted by Crippen LogP contribution is -2.24. The van der Waals surface area contributed by atoms with Crippen molar-refractivity contribution in [3.05, 3.63) is 63.5 Å². The third-order valence-electron chi connectivity index (χ3n) is 2.98. The zero-order valence-corrected chi connectivity index (χ0v) is 11.4. The van der Waals surface area contributed by atoms with Crippen LogP contribution in [0.4, 0.5) is 8.78 Å². The topological polar surface area (TPSA) is 52.0 Å². The number of hydrogen-bond acceptors (Lipinski definition) is 4. The van der Waals surface area contributed by atoms with Crippen molar-refractivity contribution in [2.45, 2.75) is 6.54 Å². The SMILES string of the molecule is O=C(Cn1cnc2ccsc2c1=O)c1ccc(F)cc1F. The largest absolute Gasteiger partial charge is 0.292 e. The molecule has 0 saturated carbocycles. The smallest absolute Gasteiger partial charge is 0.271 e. The first kappa shape index (κ1) is 13.6. The fourth-order valence-electron chi connectivity index (χ4n) is 1.95. The van der Waals surface area contributed by atoms with Gasteiger partial charge in [0.05, 0.1) is 24.0 Å². The molecule has 0 aliphatic rings. The molecule has 0 aliphatic heterocycles. The van der Waals surface area contributed by atoms with Gasteiger partial charge in [-0.25, -0.2) is 13.8 Å². The Hall–Kier alpha value is -2.41. The van der Waals surface area contributed by atoms with Crippen LogP contribution in [0.15, 0.2) is 40.8 Å². The first-order chi connectivity index (χ1) is 10.1. The van der Waals surface area contributed by atoms with Gasteiger partial charge >= 0.3 is 0 Å². The average Bonchev–Trinajstić information content (AvgIpc) is 2.91. The summed E-state index contributed by atoms with van der Waals surface area (Å²) in [5.41, 5.74) is -0.0536. The van der Waals surface area contributed by atoms with Crippen LogP contribution in [-0.2, 0) is 6.54 Å². The van der Waals surface area contributed by atoms with Gasteiger partial charge in [0.2, 0.25) is 0 Å². The monoisotopic (exact) mass is 306 g/mol. The summed E-state index contributed by atoms with van der Waals surface area (Å²) in [6, 6.07) is 4.40. The van der Waals surface area contributed by atoms with E-state index >= 15 is 0 Å². The lowest BCUT2D eigenvalue weighted by Gasteiger charge is -2.05. The van der Waals surface area contributed by atoms with Crippen LogP contribution >= 0.6 is 11.3 Å².